The fourth-order valence-electron chi connectivity index (χ4n) is 6.32. The molecule has 4 unspecified atom stereocenters. The maximum absolute atomic E-state index is 12.4. The Bertz CT molecular complexity index is 1620. The summed E-state index contributed by atoms with van der Waals surface area (Å²) in [7, 11) is 7.59. The number of terminal acetylenes is 1. The lowest BCUT2D eigenvalue weighted by Crippen LogP contribution is -2.33. The Kier molecular flexibility index (Phi) is 20.9. The van der Waals surface area contributed by atoms with Crippen molar-refractivity contribution < 1.29 is 23.8 Å². The van der Waals surface area contributed by atoms with Gasteiger partial charge in [-0.1, -0.05) is 81.1 Å². The second-order valence-corrected chi connectivity index (χ2v) is 16.1. The van der Waals surface area contributed by atoms with Crippen molar-refractivity contribution in [2.75, 3.05) is 27.9 Å². The third kappa shape index (κ3) is 13.1. The standard InChI is InChI=1S/C15H16NO2P.C13H15NO2S.C11H24O.C3H8.C2H6/c1-4-14-7-15(14,8-14)16-13(17)12-9(2)5-10(18-3)6-11(12)19;1-4-5-10(15)12-11(16-3)7-6-9-13(12)17-8(2)14-9;1-6-10(3)11(4)7-9(2)8-12-5;1-3-2;1-2/h1,5-6H,7-8,19H2,2-3H3,(H,16,17);6-7H,4-5H2,1-3H3;9-11H,6-8H2,1-5H3;3H2,1-2H3;1-2H3. The van der Waals surface area contributed by atoms with Gasteiger partial charge in [0.05, 0.1) is 46.0 Å². The summed E-state index contributed by atoms with van der Waals surface area (Å²) in [5.74, 6) is 6.69. The average Bonchev–Trinajstić information content (AvgIpc) is 3.88. The lowest BCUT2D eigenvalue weighted by Gasteiger charge is -2.21. The largest absolute Gasteiger partial charge is 0.497 e. The number of nitrogens with zero attached hydrogens (tertiary/aromatic N) is 1. The van der Waals surface area contributed by atoms with Crippen LogP contribution in [0.5, 0.6) is 11.5 Å². The fourth-order valence-corrected chi connectivity index (χ4v) is 7.82. The number of methoxy groups -OCH3 is 3. The number of aromatic nitrogens is 1. The highest BCUT2D eigenvalue weighted by atomic mass is 32.1. The van der Waals surface area contributed by atoms with Gasteiger partial charge in [0.25, 0.3) is 5.91 Å². The van der Waals surface area contributed by atoms with Crippen molar-refractivity contribution in [2.24, 2.45) is 23.2 Å². The Morgan fingerprint density at radius 2 is 1.62 bits per heavy atom. The molecule has 0 radical (unpaired) electrons. The molecule has 5 rings (SSSR count). The second kappa shape index (κ2) is 23.1. The molecule has 1 heterocycles. The number of hydrogen-bond acceptors (Lipinski definition) is 7. The van der Waals surface area contributed by atoms with Crippen LogP contribution in [0.4, 0.5) is 0 Å². The van der Waals surface area contributed by atoms with Gasteiger partial charge in [-0.05, 0) is 92.4 Å². The molecular formula is C44H69N2O5PS. The number of carbonyl (C=O) groups is 2. The van der Waals surface area contributed by atoms with E-state index in [0.717, 1.165) is 69.5 Å². The van der Waals surface area contributed by atoms with E-state index in [1.807, 2.05) is 58.9 Å². The minimum absolute atomic E-state index is 0.0376. The second-order valence-electron chi connectivity index (χ2n) is 14.3. The number of carbonyl (C=O) groups excluding carboxylic acids is 2. The molecule has 2 aliphatic carbocycles. The Morgan fingerprint density at radius 1 is 1.00 bits per heavy atom. The zero-order valence-electron chi connectivity index (χ0n) is 35.2. The van der Waals surface area contributed by atoms with Gasteiger partial charge in [0.1, 0.15) is 11.5 Å². The van der Waals surface area contributed by atoms with Gasteiger partial charge >= 0.3 is 0 Å². The van der Waals surface area contributed by atoms with E-state index in [4.69, 9.17) is 20.6 Å². The Balaban J connectivity index is 0.000000383. The molecule has 2 fully saturated rings. The van der Waals surface area contributed by atoms with Crippen molar-refractivity contribution in [3.05, 3.63) is 46.0 Å². The summed E-state index contributed by atoms with van der Waals surface area (Å²) in [6.07, 6.45) is 12.6. The van der Waals surface area contributed by atoms with Crippen LogP contribution in [0.1, 0.15) is 139 Å². The normalized spacial score (nSPS) is 18.9. The highest BCUT2D eigenvalue weighted by Crippen LogP contribution is 2.78. The third-order valence-corrected chi connectivity index (χ3v) is 11.2. The molecule has 0 spiro atoms. The number of ether oxygens (including phenoxy) is 3. The number of hydrogen-bond donors (Lipinski definition) is 1. The first-order chi connectivity index (χ1) is 25.2. The predicted octanol–water partition coefficient (Wildman–Crippen LogP) is 10.8. The molecule has 1 amide bonds. The van der Waals surface area contributed by atoms with E-state index in [0.29, 0.717) is 29.2 Å². The van der Waals surface area contributed by atoms with Gasteiger partial charge in [0, 0.05) is 25.7 Å². The molecule has 0 aliphatic heterocycles. The van der Waals surface area contributed by atoms with Crippen molar-refractivity contribution in [3.8, 4) is 23.8 Å². The summed E-state index contributed by atoms with van der Waals surface area (Å²) in [6, 6.07) is 7.44. The number of rotatable bonds is 13. The fraction of sp³-hybridized carbons (Fsp3) is 0.614. The highest BCUT2D eigenvalue weighted by Gasteiger charge is 2.84. The van der Waals surface area contributed by atoms with Crippen LogP contribution in [-0.4, -0.2) is 50.1 Å². The number of Topliss-reactive ketones (excluding diaryl/α,β-unsaturated/α-hetero) is 1. The van der Waals surface area contributed by atoms with Crippen LogP contribution in [-0.2, 0) is 4.74 Å². The van der Waals surface area contributed by atoms with Crippen LogP contribution < -0.4 is 20.1 Å². The van der Waals surface area contributed by atoms with Crippen LogP contribution in [0.15, 0.2) is 24.3 Å². The molecule has 1 N–H and O–H groups in total. The number of amides is 1. The van der Waals surface area contributed by atoms with E-state index in [-0.39, 0.29) is 22.6 Å². The van der Waals surface area contributed by atoms with Crippen molar-refractivity contribution in [1.29, 1.82) is 0 Å². The molecule has 3 aromatic rings. The van der Waals surface area contributed by atoms with Gasteiger partial charge in [0.15, 0.2) is 5.78 Å². The number of fused-ring (bicyclic) bond motifs is 2. The number of aryl methyl sites for hydroxylation is 2. The molecule has 2 saturated carbocycles. The highest BCUT2D eigenvalue weighted by molar-refractivity contribution is 7.27. The first-order valence-electron chi connectivity index (χ1n) is 19.4. The first kappa shape index (κ1) is 48.0. The zero-order chi connectivity index (χ0) is 40.5. The zero-order valence-corrected chi connectivity index (χ0v) is 37.2. The van der Waals surface area contributed by atoms with Crippen molar-refractivity contribution in [2.45, 2.75) is 127 Å². The molecule has 0 bridgehead atoms. The van der Waals surface area contributed by atoms with E-state index in [2.05, 4.69) is 67.0 Å². The molecule has 7 nitrogen and oxygen atoms in total. The minimum atomic E-state index is -0.109. The number of thiazole rings is 1. The molecule has 4 atom stereocenters. The molecule has 0 saturated heterocycles. The summed E-state index contributed by atoms with van der Waals surface area (Å²) in [5, 5.41) is 4.91. The van der Waals surface area contributed by atoms with Gasteiger partial charge < -0.3 is 19.5 Å². The summed E-state index contributed by atoms with van der Waals surface area (Å²) in [4.78, 5) is 28.9. The van der Waals surface area contributed by atoms with Crippen molar-refractivity contribution >= 4 is 47.8 Å². The van der Waals surface area contributed by atoms with E-state index in [1.54, 1.807) is 32.7 Å². The maximum Gasteiger partial charge on any atom is 0.252 e. The SMILES string of the molecule is C#CC12CC1(NC(=O)c1c(C)cc(OC)cc1P)C2.CC.CCC.CCC(C)C(C)CC(C)COC.CCCC(=O)c1c(OC)ccc2nc(C)sc12. The van der Waals surface area contributed by atoms with Crippen molar-refractivity contribution in [1.82, 2.24) is 10.3 Å². The average molecular weight is 769 g/mol. The minimum Gasteiger partial charge on any atom is -0.497 e. The van der Waals surface area contributed by atoms with Gasteiger partial charge in [-0.15, -0.1) is 27.0 Å². The smallest absolute Gasteiger partial charge is 0.252 e. The van der Waals surface area contributed by atoms with Crippen molar-refractivity contribution in [3.63, 3.8) is 0 Å². The third-order valence-electron chi connectivity index (χ3n) is 9.75. The van der Waals surface area contributed by atoms with E-state index >= 15 is 0 Å². The molecular weight excluding hydrogens is 700 g/mol. The van der Waals surface area contributed by atoms with E-state index in [9.17, 15) is 9.59 Å². The number of benzene rings is 2. The monoisotopic (exact) mass is 768 g/mol. The Hall–Kier alpha value is -2.98. The molecule has 1 aromatic heterocycles. The van der Waals surface area contributed by atoms with Gasteiger partial charge in [0.2, 0.25) is 0 Å². The quantitative estimate of drug-likeness (QED) is 0.106. The van der Waals surface area contributed by atoms with Gasteiger partial charge in [-0.3, -0.25) is 9.59 Å². The molecule has 9 heteroatoms. The molecule has 53 heavy (non-hydrogen) atoms. The predicted molar refractivity (Wildman–Crippen MR) is 230 cm³/mol. The van der Waals surface area contributed by atoms with Gasteiger partial charge in [-0.25, -0.2) is 4.98 Å². The molecule has 2 aromatic carbocycles. The van der Waals surface area contributed by atoms with Crippen LogP contribution in [0.2, 0.25) is 0 Å². The van der Waals surface area contributed by atoms with Gasteiger partial charge in [-0.2, -0.15) is 0 Å². The topological polar surface area (TPSA) is 86.8 Å². The summed E-state index contributed by atoms with van der Waals surface area (Å²) >= 11 is 1.55. The van der Waals surface area contributed by atoms with Crippen LogP contribution >= 0.6 is 20.6 Å². The lowest BCUT2D eigenvalue weighted by atomic mass is 9.86. The number of nitrogens with one attached hydrogen (secondary N) is 1. The van der Waals surface area contributed by atoms with Crippen LogP contribution in [0.3, 0.4) is 0 Å². The molecule has 2 aliphatic rings. The first-order valence-corrected chi connectivity index (χ1v) is 20.8. The van der Waals surface area contributed by atoms with E-state index in [1.165, 1.54) is 19.3 Å². The lowest BCUT2D eigenvalue weighted by molar-refractivity contribution is 0.0941. The number of ketones is 1. The Labute approximate surface area is 328 Å². The summed E-state index contributed by atoms with van der Waals surface area (Å²) in [5.41, 5.74) is 3.04. The summed E-state index contributed by atoms with van der Waals surface area (Å²) in [6.45, 7) is 24.2. The van der Waals surface area contributed by atoms with Crippen LogP contribution in [0.25, 0.3) is 10.2 Å². The summed E-state index contributed by atoms with van der Waals surface area (Å²) < 4.78 is 16.5. The van der Waals surface area contributed by atoms with E-state index < -0.39 is 0 Å². The maximum atomic E-state index is 12.4. The Morgan fingerprint density at radius 3 is 2.09 bits per heavy atom. The molecule has 296 valence electrons. The van der Waals surface area contributed by atoms with Crippen LogP contribution in [0, 0.1) is 49.4 Å².